The van der Waals surface area contributed by atoms with Gasteiger partial charge in [-0.3, -0.25) is 4.79 Å². The maximum absolute atomic E-state index is 12.8. The molecule has 2 aromatic rings. The predicted molar refractivity (Wildman–Crippen MR) is 96.1 cm³/mol. The minimum Gasteiger partial charge on any atom is -0.362 e. The van der Waals surface area contributed by atoms with Gasteiger partial charge in [-0.15, -0.1) is 0 Å². The van der Waals surface area contributed by atoms with E-state index in [-0.39, 0.29) is 17.9 Å². The van der Waals surface area contributed by atoms with Crippen molar-refractivity contribution >= 4 is 11.6 Å². The summed E-state index contributed by atoms with van der Waals surface area (Å²) >= 11 is 0. The highest BCUT2D eigenvalue weighted by molar-refractivity contribution is 5.83. The lowest BCUT2D eigenvalue weighted by atomic mass is 9.95. The third kappa shape index (κ3) is 2.78. The van der Waals surface area contributed by atoms with Crippen LogP contribution in [0.25, 0.3) is 0 Å². The Balaban J connectivity index is 1.43. The van der Waals surface area contributed by atoms with Gasteiger partial charge in [-0.1, -0.05) is 48.5 Å². The number of likely N-dealkylation sites (tertiary alicyclic amines) is 1. The van der Waals surface area contributed by atoms with E-state index in [1.807, 2.05) is 29.2 Å². The third-order valence-electron chi connectivity index (χ3n) is 5.26. The van der Waals surface area contributed by atoms with E-state index in [4.69, 9.17) is 5.73 Å². The molecular formula is C20H23N3O. The third-order valence-corrected chi connectivity index (χ3v) is 5.26. The summed E-state index contributed by atoms with van der Waals surface area (Å²) in [4.78, 5) is 16.9. The second-order valence-electron chi connectivity index (χ2n) is 6.78. The smallest absolute Gasteiger partial charge is 0.242 e. The zero-order valence-electron chi connectivity index (χ0n) is 13.8. The summed E-state index contributed by atoms with van der Waals surface area (Å²) in [6.07, 6.45) is 1.02. The van der Waals surface area contributed by atoms with Crippen LogP contribution >= 0.6 is 0 Å². The molecule has 0 radical (unpaired) electrons. The van der Waals surface area contributed by atoms with Crippen molar-refractivity contribution in [3.05, 3.63) is 65.7 Å². The van der Waals surface area contributed by atoms with Crippen LogP contribution < -0.4 is 10.6 Å². The number of benzene rings is 2. The molecule has 4 heteroatoms. The first kappa shape index (κ1) is 15.2. The van der Waals surface area contributed by atoms with Gasteiger partial charge in [0.25, 0.3) is 0 Å². The van der Waals surface area contributed by atoms with Gasteiger partial charge in [-0.2, -0.15) is 0 Å². The monoisotopic (exact) mass is 321 g/mol. The van der Waals surface area contributed by atoms with E-state index >= 15 is 0 Å². The fraction of sp³-hybridized carbons (Fsp3) is 0.350. The molecule has 1 saturated heterocycles. The standard InChI is InChI=1S/C20H23N3O/c21-18-13-23(12-17(18)15-6-2-1-3-7-15)20(24)14-22-11-10-16-8-4-5-9-19(16)22/h1-9,17-18H,10-14,21H2/t17-,18+/m0/s1. The molecule has 1 fully saturated rings. The molecule has 0 unspecified atom stereocenters. The van der Waals surface area contributed by atoms with E-state index in [2.05, 4.69) is 35.2 Å². The Labute approximate surface area is 142 Å². The van der Waals surface area contributed by atoms with E-state index in [1.165, 1.54) is 16.8 Å². The minimum absolute atomic E-state index is 0.0159. The van der Waals surface area contributed by atoms with E-state index in [9.17, 15) is 4.79 Å². The van der Waals surface area contributed by atoms with Crippen LogP contribution in [-0.2, 0) is 11.2 Å². The van der Waals surface area contributed by atoms with Crippen LogP contribution in [0.1, 0.15) is 17.0 Å². The average Bonchev–Trinajstić information content (AvgIpc) is 3.20. The summed E-state index contributed by atoms with van der Waals surface area (Å²) < 4.78 is 0. The first-order valence-electron chi connectivity index (χ1n) is 8.63. The number of carbonyl (C=O) groups excluding carboxylic acids is 1. The molecule has 2 heterocycles. The van der Waals surface area contributed by atoms with Crippen molar-refractivity contribution in [3.8, 4) is 0 Å². The molecule has 1 amide bonds. The maximum atomic E-state index is 12.8. The summed E-state index contributed by atoms with van der Waals surface area (Å²) in [6, 6.07) is 18.7. The molecule has 0 aliphatic carbocycles. The summed E-state index contributed by atoms with van der Waals surface area (Å²) in [6.45, 7) is 2.74. The number of fused-ring (bicyclic) bond motifs is 1. The van der Waals surface area contributed by atoms with Crippen molar-refractivity contribution in [1.82, 2.24) is 4.90 Å². The van der Waals surface area contributed by atoms with Gasteiger partial charge in [-0.05, 0) is 23.6 Å². The summed E-state index contributed by atoms with van der Waals surface area (Å²) in [7, 11) is 0. The van der Waals surface area contributed by atoms with Crippen molar-refractivity contribution in [3.63, 3.8) is 0 Å². The highest BCUT2D eigenvalue weighted by Crippen LogP contribution is 2.29. The fourth-order valence-electron chi connectivity index (χ4n) is 3.92. The van der Waals surface area contributed by atoms with E-state index in [1.54, 1.807) is 0 Å². The lowest BCUT2D eigenvalue weighted by molar-refractivity contribution is -0.128. The van der Waals surface area contributed by atoms with Crippen LogP contribution in [0.15, 0.2) is 54.6 Å². The molecule has 2 aliphatic heterocycles. The molecule has 2 aromatic carbocycles. The van der Waals surface area contributed by atoms with E-state index in [0.717, 1.165) is 19.5 Å². The molecule has 2 atom stereocenters. The zero-order valence-corrected chi connectivity index (χ0v) is 13.8. The number of nitrogens with zero attached hydrogens (tertiary/aromatic N) is 2. The van der Waals surface area contributed by atoms with Crippen molar-refractivity contribution in [2.24, 2.45) is 5.73 Å². The fourth-order valence-corrected chi connectivity index (χ4v) is 3.92. The van der Waals surface area contributed by atoms with Crippen LogP contribution in [0.5, 0.6) is 0 Å². The van der Waals surface area contributed by atoms with Gasteiger partial charge in [-0.25, -0.2) is 0 Å². The summed E-state index contributed by atoms with van der Waals surface area (Å²) in [5, 5.41) is 0. The van der Waals surface area contributed by atoms with E-state index < -0.39 is 0 Å². The number of para-hydroxylation sites is 1. The van der Waals surface area contributed by atoms with Crippen molar-refractivity contribution in [1.29, 1.82) is 0 Å². The number of carbonyl (C=O) groups is 1. The maximum Gasteiger partial charge on any atom is 0.242 e. The second-order valence-corrected chi connectivity index (χ2v) is 6.78. The molecule has 0 bridgehead atoms. The Bertz CT molecular complexity index is 731. The molecule has 2 N–H and O–H groups in total. The number of anilines is 1. The Hall–Kier alpha value is -2.33. The Morgan fingerprint density at radius 1 is 1.04 bits per heavy atom. The largest absolute Gasteiger partial charge is 0.362 e. The van der Waals surface area contributed by atoms with Crippen LogP contribution in [0.2, 0.25) is 0 Å². The van der Waals surface area contributed by atoms with Crippen molar-refractivity contribution < 1.29 is 4.79 Å². The molecule has 4 nitrogen and oxygen atoms in total. The summed E-state index contributed by atoms with van der Waals surface area (Å²) in [5.74, 6) is 0.418. The van der Waals surface area contributed by atoms with Gasteiger partial charge in [0.05, 0.1) is 6.54 Å². The molecule has 2 aliphatic rings. The second kappa shape index (κ2) is 6.29. The molecule has 0 spiro atoms. The van der Waals surface area contributed by atoms with Crippen LogP contribution in [0.3, 0.4) is 0 Å². The van der Waals surface area contributed by atoms with E-state index in [0.29, 0.717) is 13.1 Å². The molecule has 24 heavy (non-hydrogen) atoms. The van der Waals surface area contributed by atoms with Gasteiger partial charge >= 0.3 is 0 Å². The minimum atomic E-state index is 0.0159. The summed E-state index contributed by atoms with van der Waals surface area (Å²) in [5.41, 5.74) is 10.1. The Kier molecular flexibility index (Phi) is 3.98. The van der Waals surface area contributed by atoms with Crippen molar-refractivity contribution in [2.75, 3.05) is 31.1 Å². The van der Waals surface area contributed by atoms with Crippen LogP contribution in [-0.4, -0.2) is 43.0 Å². The predicted octanol–water partition coefficient (Wildman–Crippen LogP) is 2.00. The van der Waals surface area contributed by atoms with Gasteiger partial charge in [0, 0.05) is 37.3 Å². The highest BCUT2D eigenvalue weighted by Gasteiger charge is 2.34. The molecule has 0 aromatic heterocycles. The van der Waals surface area contributed by atoms with Crippen molar-refractivity contribution in [2.45, 2.75) is 18.4 Å². The number of hydrogen-bond donors (Lipinski definition) is 1. The lowest BCUT2D eigenvalue weighted by Crippen LogP contribution is -2.39. The van der Waals surface area contributed by atoms with Crippen LogP contribution in [0, 0.1) is 0 Å². The molecule has 4 rings (SSSR count). The van der Waals surface area contributed by atoms with Gasteiger partial charge in [0.1, 0.15) is 0 Å². The molecular weight excluding hydrogens is 298 g/mol. The normalized spacial score (nSPS) is 22.7. The number of amides is 1. The first-order valence-corrected chi connectivity index (χ1v) is 8.63. The Morgan fingerprint density at radius 2 is 1.79 bits per heavy atom. The van der Waals surface area contributed by atoms with Crippen LogP contribution in [0.4, 0.5) is 5.69 Å². The molecule has 124 valence electrons. The van der Waals surface area contributed by atoms with Gasteiger partial charge in [0.15, 0.2) is 0 Å². The zero-order chi connectivity index (χ0) is 16.5. The average molecular weight is 321 g/mol. The van der Waals surface area contributed by atoms with Gasteiger partial charge < -0.3 is 15.5 Å². The first-order chi connectivity index (χ1) is 11.7. The Morgan fingerprint density at radius 3 is 2.62 bits per heavy atom. The molecule has 0 saturated carbocycles. The SMILES string of the molecule is N[C@@H]1CN(C(=O)CN2CCc3ccccc32)C[C@H]1c1ccccc1. The van der Waals surface area contributed by atoms with Gasteiger partial charge in [0.2, 0.25) is 5.91 Å². The highest BCUT2D eigenvalue weighted by atomic mass is 16.2. The number of rotatable bonds is 3. The number of nitrogens with two attached hydrogens (primary N) is 1. The lowest BCUT2D eigenvalue weighted by Gasteiger charge is -2.23. The quantitative estimate of drug-likeness (QED) is 0.941. The topological polar surface area (TPSA) is 49.6 Å². The number of hydrogen-bond acceptors (Lipinski definition) is 3.